The minimum absolute atomic E-state index is 0.587. The van der Waals surface area contributed by atoms with Gasteiger partial charge in [-0.15, -0.1) is 0 Å². The summed E-state index contributed by atoms with van der Waals surface area (Å²) in [6.45, 7) is 2.06. The highest BCUT2D eigenvalue weighted by molar-refractivity contribution is 7.99. The first kappa shape index (κ1) is 11.2. The van der Waals surface area contributed by atoms with Crippen LogP contribution >= 0.6 is 23.4 Å². The van der Waals surface area contributed by atoms with E-state index >= 15 is 0 Å². The number of anilines is 1. The molecular weight excluding hydrogens is 226 g/mol. The van der Waals surface area contributed by atoms with Gasteiger partial charge >= 0.3 is 0 Å². The second-order valence-corrected chi connectivity index (χ2v) is 5.60. The number of hydrogen-bond donors (Lipinski definition) is 1. The molecule has 0 radical (unpaired) electrons. The maximum absolute atomic E-state index is 6.18. The Morgan fingerprint density at radius 2 is 2.33 bits per heavy atom. The van der Waals surface area contributed by atoms with Gasteiger partial charge in [-0.05, 0) is 43.2 Å². The number of hydrogen-bond acceptors (Lipinski definition) is 2. The second kappa shape index (κ2) is 5.13. The van der Waals surface area contributed by atoms with Crippen LogP contribution in [-0.2, 0) is 0 Å². The van der Waals surface area contributed by atoms with Crippen LogP contribution in [0.3, 0.4) is 0 Å². The molecule has 0 bridgehead atoms. The summed E-state index contributed by atoms with van der Waals surface area (Å²) in [5.74, 6) is 2.50. The van der Waals surface area contributed by atoms with Gasteiger partial charge in [0.15, 0.2) is 0 Å². The first-order chi connectivity index (χ1) is 7.25. The summed E-state index contributed by atoms with van der Waals surface area (Å²) >= 11 is 8.21. The Morgan fingerprint density at radius 3 is 3.00 bits per heavy atom. The largest absolute Gasteiger partial charge is 0.380 e. The molecule has 1 aliphatic heterocycles. The molecule has 1 saturated heterocycles. The average Bonchev–Trinajstić information content (AvgIpc) is 2.24. The van der Waals surface area contributed by atoms with Crippen LogP contribution in [0.15, 0.2) is 18.2 Å². The summed E-state index contributed by atoms with van der Waals surface area (Å²) in [4.78, 5) is 0. The molecule has 1 aliphatic rings. The summed E-state index contributed by atoms with van der Waals surface area (Å²) in [6, 6.07) is 6.78. The van der Waals surface area contributed by atoms with E-state index in [0.29, 0.717) is 6.04 Å². The average molecular weight is 242 g/mol. The van der Waals surface area contributed by atoms with E-state index in [9.17, 15) is 0 Å². The number of nitrogens with one attached hydrogen (secondary N) is 1. The number of rotatable bonds is 2. The SMILES string of the molecule is Cc1ccc(N[C@H]2CCCSC2)c(Cl)c1. The summed E-state index contributed by atoms with van der Waals surface area (Å²) in [5, 5.41) is 4.36. The molecule has 1 fully saturated rings. The molecule has 0 spiro atoms. The fourth-order valence-electron chi connectivity index (χ4n) is 1.81. The molecule has 3 heteroatoms. The van der Waals surface area contributed by atoms with Crippen molar-refractivity contribution in [2.45, 2.75) is 25.8 Å². The van der Waals surface area contributed by atoms with E-state index in [1.165, 1.54) is 29.9 Å². The molecule has 1 aromatic carbocycles. The zero-order valence-electron chi connectivity index (χ0n) is 8.92. The van der Waals surface area contributed by atoms with E-state index in [1.54, 1.807) is 0 Å². The molecule has 1 aromatic rings. The zero-order valence-corrected chi connectivity index (χ0v) is 10.5. The Hall–Kier alpha value is -0.340. The Bertz CT molecular complexity index is 334. The van der Waals surface area contributed by atoms with Crippen LogP contribution in [-0.4, -0.2) is 17.5 Å². The van der Waals surface area contributed by atoms with Crippen molar-refractivity contribution in [3.63, 3.8) is 0 Å². The highest BCUT2D eigenvalue weighted by atomic mass is 35.5. The predicted molar refractivity (Wildman–Crippen MR) is 70.2 cm³/mol. The van der Waals surface area contributed by atoms with Gasteiger partial charge in [-0.1, -0.05) is 17.7 Å². The molecule has 0 aliphatic carbocycles. The van der Waals surface area contributed by atoms with Crippen molar-refractivity contribution in [3.05, 3.63) is 28.8 Å². The number of aryl methyl sites for hydroxylation is 1. The first-order valence-electron chi connectivity index (χ1n) is 5.36. The van der Waals surface area contributed by atoms with Crippen molar-refractivity contribution in [3.8, 4) is 0 Å². The van der Waals surface area contributed by atoms with Gasteiger partial charge in [0.25, 0.3) is 0 Å². The molecule has 0 amide bonds. The van der Waals surface area contributed by atoms with Crippen LogP contribution in [0.1, 0.15) is 18.4 Å². The molecule has 2 rings (SSSR count). The number of thioether (sulfide) groups is 1. The molecule has 15 heavy (non-hydrogen) atoms. The molecule has 1 N–H and O–H groups in total. The van der Waals surface area contributed by atoms with Crippen molar-refractivity contribution in [1.29, 1.82) is 0 Å². The zero-order chi connectivity index (χ0) is 10.7. The predicted octanol–water partition coefficient (Wildman–Crippen LogP) is 3.96. The van der Waals surface area contributed by atoms with Gasteiger partial charge in [0, 0.05) is 11.8 Å². The first-order valence-corrected chi connectivity index (χ1v) is 6.89. The van der Waals surface area contributed by atoms with E-state index in [4.69, 9.17) is 11.6 Å². The van der Waals surface area contributed by atoms with E-state index in [0.717, 1.165) is 10.7 Å². The van der Waals surface area contributed by atoms with Gasteiger partial charge in [0.1, 0.15) is 0 Å². The smallest absolute Gasteiger partial charge is 0.0640 e. The molecule has 0 aromatic heterocycles. The van der Waals surface area contributed by atoms with Gasteiger partial charge in [-0.3, -0.25) is 0 Å². The van der Waals surface area contributed by atoms with Crippen LogP contribution in [0, 0.1) is 6.92 Å². The second-order valence-electron chi connectivity index (χ2n) is 4.04. The number of benzene rings is 1. The fraction of sp³-hybridized carbons (Fsp3) is 0.500. The lowest BCUT2D eigenvalue weighted by molar-refractivity contribution is 0.685. The van der Waals surface area contributed by atoms with E-state index in [1.807, 2.05) is 17.8 Å². The van der Waals surface area contributed by atoms with Crippen LogP contribution in [0.25, 0.3) is 0 Å². The summed E-state index contributed by atoms with van der Waals surface area (Å²) < 4.78 is 0. The maximum Gasteiger partial charge on any atom is 0.0640 e. The lowest BCUT2D eigenvalue weighted by Crippen LogP contribution is -2.25. The van der Waals surface area contributed by atoms with Crippen LogP contribution < -0.4 is 5.32 Å². The normalized spacial score (nSPS) is 21.3. The van der Waals surface area contributed by atoms with Crippen LogP contribution in [0.5, 0.6) is 0 Å². The van der Waals surface area contributed by atoms with Crippen molar-refractivity contribution in [2.75, 3.05) is 16.8 Å². The molecule has 1 atom stereocenters. The van der Waals surface area contributed by atoms with Crippen LogP contribution in [0.4, 0.5) is 5.69 Å². The molecule has 0 saturated carbocycles. The van der Waals surface area contributed by atoms with Gasteiger partial charge < -0.3 is 5.32 Å². The molecule has 1 nitrogen and oxygen atoms in total. The van der Waals surface area contributed by atoms with E-state index < -0.39 is 0 Å². The Labute approximate surface area is 101 Å². The quantitative estimate of drug-likeness (QED) is 0.841. The molecular formula is C12H16ClNS. The topological polar surface area (TPSA) is 12.0 Å². The summed E-state index contributed by atoms with van der Waals surface area (Å²) in [7, 11) is 0. The monoisotopic (exact) mass is 241 g/mol. The van der Waals surface area contributed by atoms with Crippen molar-refractivity contribution in [1.82, 2.24) is 0 Å². The number of halogens is 1. The van der Waals surface area contributed by atoms with Crippen molar-refractivity contribution < 1.29 is 0 Å². The molecule has 82 valence electrons. The Balaban J connectivity index is 2.03. The highest BCUT2D eigenvalue weighted by Crippen LogP contribution is 2.26. The van der Waals surface area contributed by atoms with Gasteiger partial charge in [0.05, 0.1) is 10.7 Å². The molecule has 1 heterocycles. The van der Waals surface area contributed by atoms with E-state index in [-0.39, 0.29) is 0 Å². The summed E-state index contributed by atoms with van der Waals surface area (Å²) in [5.41, 5.74) is 2.29. The van der Waals surface area contributed by atoms with Gasteiger partial charge in [-0.25, -0.2) is 0 Å². The minimum atomic E-state index is 0.587. The third-order valence-electron chi connectivity index (χ3n) is 2.64. The van der Waals surface area contributed by atoms with E-state index in [2.05, 4.69) is 24.4 Å². The lowest BCUT2D eigenvalue weighted by atomic mass is 10.1. The summed E-state index contributed by atoms with van der Waals surface area (Å²) in [6.07, 6.45) is 2.57. The Kier molecular flexibility index (Phi) is 3.81. The third kappa shape index (κ3) is 3.05. The van der Waals surface area contributed by atoms with Gasteiger partial charge in [0.2, 0.25) is 0 Å². The molecule has 0 unspecified atom stereocenters. The Morgan fingerprint density at radius 1 is 1.47 bits per heavy atom. The third-order valence-corrected chi connectivity index (χ3v) is 4.17. The lowest BCUT2D eigenvalue weighted by Gasteiger charge is -2.24. The van der Waals surface area contributed by atoms with Gasteiger partial charge in [-0.2, -0.15) is 11.8 Å². The maximum atomic E-state index is 6.18. The minimum Gasteiger partial charge on any atom is -0.380 e. The van der Waals surface area contributed by atoms with Crippen LogP contribution in [0.2, 0.25) is 5.02 Å². The van der Waals surface area contributed by atoms with Crippen molar-refractivity contribution in [2.24, 2.45) is 0 Å². The van der Waals surface area contributed by atoms with Crippen molar-refractivity contribution >= 4 is 29.1 Å². The fourth-order valence-corrected chi connectivity index (χ4v) is 3.17. The standard InChI is InChI=1S/C12H16ClNS/c1-9-4-5-12(11(13)7-9)14-10-3-2-6-15-8-10/h4-5,7,10,14H,2-3,6,8H2,1H3/t10-/m0/s1. The highest BCUT2D eigenvalue weighted by Gasteiger charge is 2.14.